The largest absolute Gasteiger partial charge is 0.351 e. The van der Waals surface area contributed by atoms with E-state index in [2.05, 4.69) is 5.32 Å². The maximum atomic E-state index is 13.8. The van der Waals surface area contributed by atoms with Crippen LogP contribution in [0.3, 0.4) is 0 Å². The summed E-state index contributed by atoms with van der Waals surface area (Å²) in [6, 6.07) is 4.86. The smallest absolute Gasteiger partial charge is 0.254 e. The van der Waals surface area contributed by atoms with Crippen molar-refractivity contribution in [3.05, 3.63) is 35.1 Å². The lowest BCUT2D eigenvalue weighted by molar-refractivity contribution is 0.0940. The summed E-state index contributed by atoms with van der Waals surface area (Å²) in [6.07, 6.45) is 3.09. The fourth-order valence-electron chi connectivity index (χ4n) is 2.08. The Balaban J connectivity index is 1.98. The van der Waals surface area contributed by atoms with Crippen LogP contribution >= 0.6 is 11.6 Å². The second kappa shape index (κ2) is 5.27. The SMILES string of the molecule is Cc1cccc(C(=O)NCC2(CCCl)CC2)c1F. The molecule has 1 saturated carbocycles. The van der Waals surface area contributed by atoms with Crippen molar-refractivity contribution in [1.29, 1.82) is 0 Å². The first-order chi connectivity index (χ1) is 8.58. The Morgan fingerprint density at radius 1 is 1.50 bits per heavy atom. The summed E-state index contributed by atoms with van der Waals surface area (Å²) in [5.41, 5.74) is 0.777. The van der Waals surface area contributed by atoms with Crippen molar-refractivity contribution >= 4 is 17.5 Å². The van der Waals surface area contributed by atoms with E-state index in [-0.39, 0.29) is 16.9 Å². The van der Waals surface area contributed by atoms with Crippen LogP contribution in [0.15, 0.2) is 18.2 Å². The van der Waals surface area contributed by atoms with E-state index in [9.17, 15) is 9.18 Å². The maximum absolute atomic E-state index is 13.8. The van der Waals surface area contributed by atoms with Crippen molar-refractivity contribution in [2.24, 2.45) is 5.41 Å². The van der Waals surface area contributed by atoms with E-state index < -0.39 is 5.82 Å². The number of carbonyl (C=O) groups is 1. The van der Waals surface area contributed by atoms with Crippen molar-refractivity contribution < 1.29 is 9.18 Å². The Morgan fingerprint density at radius 2 is 2.22 bits per heavy atom. The number of hydrogen-bond acceptors (Lipinski definition) is 1. The summed E-state index contributed by atoms with van der Waals surface area (Å²) in [4.78, 5) is 11.9. The molecule has 0 saturated heterocycles. The van der Waals surface area contributed by atoms with Gasteiger partial charge in [-0.05, 0) is 43.2 Å². The Morgan fingerprint density at radius 3 is 2.83 bits per heavy atom. The summed E-state index contributed by atoms with van der Waals surface area (Å²) < 4.78 is 13.8. The molecule has 0 heterocycles. The molecule has 0 spiro atoms. The topological polar surface area (TPSA) is 29.1 Å². The molecule has 0 atom stereocenters. The van der Waals surface area contributed by atoms with Crippen molar-refractivity contribution in [3.63, 3.8) is 0 Å². The monoisotopic (exact) mass is 269 g/mol. The Hall–Kier alpha value is -1.09. The highest BCUT2D eigenvalue weighted by atomic mass is 35.5. The maximum Gasteiger partial charge on any atom is 0.254 e. The number of amides is 1. The molecule has 98 valence electrons. The molecule has 2 nitrogen and oxygen atoms in total. The van der Waals surface area contributed by atoms with Gasteiger partial charge in [0.1, 0.15) is 5.82 Å². The molecule has 0 aliphatic heterocycles. The van der Waals surface area contributed by atoms with Crippen LogP contribution in [0, 0.1) is 18.2 Å². The van der Waals surface area contributed by atoms with E-state index in [0.29, 0.717) is 18.0 Å². The predicted molar refractivity (Wildman–Crippen MR) is 70.5 cm³/mol. The van der Waals surface area contributed by atoms with Crippen LogP contribution in [0.1, 0.15) is 35.2 Å². The van der Waals surface area contributed by atoms with E-state index in [4.69, 9.17) is 11.6 Å². The lowest BCUT2D eigenvalue weighted by Gasteiger charge is -2.14. The van der Waals surface area contributed by atoms with Crippen LogP contribution in [0.2, 0.25) is 0 Å². The number of aryl methyl sites for hydroxylation is 1. The van der Waals surface area contributed by atoms with Crippen molar-refractivity contribution in [3.8, 4) is 0 Å². The minimum atomic E-state index is -0.433. The second-order valence-electron chi connectivity index (χ2n) is 5.06. The number of rotatable bonds is 5. The number of hydrogen-bond donors (Lipinski definition) is 1. The van der Waals surface area contributed by atoms with Crippen LogP contribution in [0.5, 0.6) is 0 Å². The molecule has 1 aromatic carbocycles. The fourth-order valence-corrected chi connectivity index (χ4v) is 2.48. The molecule has 0 unspecified atom stereocenters. The molecule has 4 heteroatoms. The first-order valence-electron chi connectivity index (χ1n) is 6.17. The quantitative estimate of drug-likeness (QED) is 0.817. The van der Waals surface area contributed by atoms with Gasteiger partial charge in [-0.15, -0.1) is 11.6 Å². The van der Waals surface area contributed by atoms with Crippen LogP contribution in [0.4, 0.5) is 4.39 Å². The minimum Gasteiger partial charge on any atom is -0.351 e. The van der Waals surface area contributed by atoms with E-state index >= 15 is 0 Å². The van der Waals surface area contributed by atoms with Gasteiger partial charge < -0.3 is 5.32 Å². The van der Waals surface area contributed by atoms with Gasteiger partial charge in [-0.2, -0.15) is 0 Å². The highest BCUT2D eigenvalue weighted by molar-refractivity contribution is 6.17. The van der Waals surface area contributed by atoms with Gasteiger partial charge in [0.15, 0.2) is 0 Å². The average Bonchev–Trinajstić information content (AvgIpc) is 3.11. The van der Waals surface area contributed by atoms with Gasteiger partial charge in [0.25, 0.3) is 5.91 Å². The molecule has 1 aliphatic carbocycles. The Bertz CT molecular complexity index is 457. The minimum absolute atomic E-state index is 0.122. The molecule has 2 rings (SSSR count). The number of nitrogens with one attached hydrogen (secondary N) is 1. The normalized spacial score (nSPS) is 16.4. The first-order valence-corrected chi connectivity index (χ1v) is 6.71. The number of benzene rings is 1. The lowest BCUT2D eigenvalue weighted by Crippen LogP contribution is -2.31. The first kappa shape index (κ1) is 13.3. The Labute approximate surface area is 112 Å². The Kier molecular flexibility index (Phi) is 3.91. The van der Waals surface area contributed by atoms with Crippen LogP contribution in [-0.2, 0) is 0 Å². The number of alkyl halides is 1. The van der Waals surface area contributed by atoms with Crippen LogP contribution in [0.25, 0.3) is 0 Å². The van der Waals surface area contributed by atoms with E-state index in [1.165, 1.54) is 6.07 Å². The summed E-state index contributed by atoms with van der Waals surface area (Å²) in [5, 5.41) is 2.82. The van der Waals surface area contributed by atoms with E-state index in [1.54, 1.807) is 19.1 Å². The summed E-state index contributed by atoms with van der Waals surface area (Å²) in [7, 11) is 0. The number of halogens is 2. The zero-order valence-electron chi connectivity index (χ0n) is 10.4. The van der Waals surface area contributed by atoms with Crippen LogP contribution in [-0.4, -0.2) is 18.3 Å². The third kappa shape index (κ3) is 2.83. The molecule has 1 aromatic rings. The van der Waals surface area contributed by atoms with E-state index in [0.717, 1.165) is 19.3 Å². The van der Waals surface area contributed by atoms with Gasteiger partial charge in [0, 0.05) is 12.4 Å². The van der Waals surface area contributed by atoms with Gasteiger partial charge >= 0.3 is 0 Å². The van der Waals surface area contributed by atoms with Crippen molar-refractivity contribution in [1.82, 2.24) is 5.32 Å². The molecule has 0 aromatic heterocycles. The second-order valence-corrected chi connectivity index (χ2v) is 5.44. The molecular formula is C14H17ClFNO. The molecule has 0 bridgehead atoms. The standard InChI is InChI=1S/C14H17ClFNO/c1-10-3-2-4-11(12(10)16)13(18)17-9-14(5-6-14)7-8-15/h2-4H,5-9H2,1H3,(H,17,18). The molecule has 0 radical (unpaired) electrons. The summed E-state index contributed by atoms with van der Waals surface area (Å²) >= 11 is 5.73. The predicted octanol–water partition coefficient (Wildman–Crippen LogP) is 3.27. The lowest BCUT2D eigenvalue weighted by atomic mass is 10.0. The molecule has 1 amide bonds. The molecule has 18 heavy (non-hydrogen) atoms. The average molecular weight is 270 g/mol. The third-order valence-electron chi connectivity index (χ3n) is 3.64. The van der Waals surface area contributed by atoms with E-state index in [1.807, 2.05) is 0 Å². The van der Waals surface area contributed by atoms with Gasteiger partial charge in [0.05, 0.1) is 5.56 Å². The van der Waals surface area contributed by atoms with Gasteiger partial charge in [-0.1, -0.05) is 12.1 Å². The summed E-state index contributed by atoms with van der Waals surface area (Å²) in [5.74, 6) is -0.163. The van der Waals surface area contributed by atoms with Gasteiger partial charge in [0.2, 0.25) is 0 Å². The zero-order chi connectivity index (χ0) is 13.2. The summed E-state index contributed by atoms with van der Waals surface area (Å²) in [6.45, 7) is 2.24. The molecule has 1 N–H and O–H groups in total. The molecule has 1 fully saturated rings. The third-order valence-corrected chi connectivity index (χ3v) is 3.83. The highest BCUT2D eigenvalue weighted by Crippen LogP contribution is 2.48. The highest BCUT2D eigenvalue weighted by Gasteiger charge is 2.41. The molecular weight excluding hydrogens is 253 g/mol. The van der Waals surface area contributed by atoms with Crippen molar-refractivity contribution in [2.75, 3.05) is 12.4 Å². The zero-order valence-corrected chi connectivity index (χ0v) is 11.2. The van der Waals surface area contributed by atoms with Gasteiger partial charge in [-0.25, -0.2) is 4.39 Å². The number of carbonyl (C=O) groups excluding carboxylic acids is 1. The van der Waals surface area contributed by atoms with Crippen LogP contribution < -0.4 is 5.32 Å². The van der Waals surface area contributed by atoms with Gasteiger partial charge in [-0.3, -0.25) is 4.79 Å². The van der Waals surface area contributed by atoms with Crippen molar-refractivity contribution in [2.45, 2.75) is 26.2 Å². The molecule has 1 aliphatic rings. The fraction of sp³-hybridized carbons (Fsp3) is 0.500.